The first-order chi connectivity index (χ1) is 15.9. The number of nitrogens with one attached hydrogen (secondary N) is 1. The SMILES string of the molecule is CCC(C)C(NC(=O)CCc1ccccc1)C(=O)N1CCN(C(=O)c2ccccc2)C(C)C1. The van der Waals surface area contributed by atoms with Gasteiger partial charge in [0.2, 0.25) is 11.8 Å². The molecule has 0 bridgehead atoms. The maximum atomic E-state index is 13.4. The van der Waals surface area contributed by atoms with Crippen molar-refractivity contribution in [2.75, 3.05) is 19.6 Å². The fraction of sp³-hybridized carbons (Fsp3) is 0.444. The van der Waals surface area contributed by atoms with Crippen molar-refractivity contribution in [3.63, 3.8) is 0 Å². The van der Waals surface area contributed by atoms with E-state index in [1.807, 2.05) is 86.3 Å². The molecule has 2 aromatic carbocycles. The van der Waals surface area contributed by atoms with Gasteiger partial charge in [-0.2, -0.15) is 0 Å². The number of amides is 3. The maximum Gasteiger partial charge on any atom is 0.254 e. The van der Waals surface area contributed by atoms with Crippen molar-refractivity contribution in [3.8, 4) is 0 Å². The average molecular weight is 450 g/mol. The summed E-state index contributed by atoms with van der Waals surface area (Å²) in [5.41, 5.74) is 1.76. The third kappa shape index (κ3) is 6.44. The van der Waals surface area contributed by atoms with Crippen LogP contribution >= 0.6 is 0 Å². The van der Waals surface area contributed by atoms with Crippen LogP contribution in [0, 0.1) is 5.92 Å². The molecule has 1 heterocycles. The van der Waals surface area contributed by atoms with Gasteiger partial charge in [0.05, 0.1) is 0 Å². The Bertz CT molecular complexity index is 932. The van der Waals surface area contributed by atoms with Gasteiger partial charge in [0.1, 0.15) is 6.04 Å². The monoisotopic (exact) mass is 449 g/mol. The molecule has 3 atom stereocenters. The molecular weight excluding hydrogens is 414 g/mol. The second-order valence-electron chi connectivity index (χ2n) is 8.91. The van der Waals surface area contributed by atoms with Crippen LogP contribution in [0.25, 0.3) is 0 Å². The Hall–Kier alpha value is -3.15. The van der Waals surface area contributed by atoms with Crippen LogP contribution in [0.2, 0.25) is 0 Å². The van der Waals surface area contributed by atoms with Crippen LogP contribution in [0.15, 0.2) is 60.7 Å². The van der Waals surface area contributed by atoms with E-state index in [2.05, 4.69) is 5.32 Å². The van der Waals surface area contributed by atoms with Crippen molar-refractivity contribution in [2.45, 2.75) is 52.1 Å². The van der Waals surface area contributed by atoms with Crippen molar-refractivity contribution in [1.29, 1.82) is 0 Å². The molecule has 0 aliphatic carbocycles. The standard InChI is InChI=1S/C27H35N3O3/c1-4-20(2)25(28-24(31)16-15-22-11-7-5-8-12-22)27(33)29-17-18-30(21(3)19-29)26(32)23-13-9-6-10-14-23/h5-14,20-21,25H,4,15-19H2,1-3H3,(H,28,31). The molecule has 0 aromatic heterocycles. The molecule has 1 N–H and O–H groups in total. The van der Waals surface area contributed by atoms with Crippen LogP contribution in [0.4, 0.5) is 0 Å². The molecule has 1 fully saturated rings. The number of carbonyl (C=O) groups is 3. The second-order valence-corrected chi connectivity index (χ2v) is 8.91. The third-order valence-electron chi connectivity index (χ3n) is 6.50. The minimum atomic E-state index is -0.554. The molecule has 176 valence electrons. The number of hydrogen-bond acceptors (Lipinski definition) is 3. The average Bonchev–Trinajstić information content (AvgIpc) is 2.85. The first-order valence-electron chi connectivity index (χ1n) is 11.9. The van der Waals surface area contributed by atoms with Gasteiger partial charge in [0.15, 0.2) is 0 Å². The highest BCUT2D eigenvalue weighted by Gasteiger charge is 2.35. The Labute approximate surface area is 197 Å². The fourth-order valence-corrected chi connectivity index (χ4v) is 4.23. The van der Waals surface area contributed by atoms with E-state index in [1.54, 1.807) is 4.90 Å². The van der Waals surface area contributed by atoms with E-state index in [0.717, 1.165) is 12.0 Å². The molecule has 0 radical (unpaired) electrons. The first kappa shape index (κ1) is 24.5. The van der Waals surface area contributed by atoms with Gasteiger partial charge in [-0.3, -0.25) is 14.4 Å². The van der Waals surface area contributed by atoms with Gasteiger partial charge < -0.3 is 15.1 Å². The predicted molar refractivity (Wildman–Crippen MR) is 130 cm³/mol. The summed E-state index contributed by atoms with van der Waals surface area (Å²) >= 11 is 0. The molecule has 6 heteroatoms. The van der Waals surface area contributed by atoms with E-state index in [4.69, 9.17) is 0 Å². The predicted octanol–water partition coefficient (Wildman–Crippen LogP) is 3.52. The molecule has 0 saturated carbocycles. The Morgan fingerprint density at radius 1 is 1.00 bits per heavy atom. The second kappa shape index (κ2) is 11.6. The highest BCUT2D eigenvalue weighted by Crippen LogP contribution is 2.18. The van der Waals surface area contributed by atoms with Crippen LogP contribution in [0.5, 0.6) is 0 Å². The Morgan fingerprint density at radius 2 is 1.64 bits per heavy atom. The zero-order valence-corrected chi connectivity index (χ0v) is 19.9. The summed E-state index contributed by atoms with van der Waals surface area (Å²) in [7, 11) is 0. The number of carbonyl (C=O) groups excluding carboxylic acids is 3. The first-order valence-corrected chi connectivity index (χ1v) is 11.9. The lowest BCUT2D eigenvalue weighted by Gasteiger charge is -2.41. The van der Waals surface area contributed by atoms with Crippen molar-refractivity contribution >= 4 is 17.7 Å². The van der Waals surface area contributed by atoms with E-state index < -0.39 is 6.04 Å². The minimum absolute atomic E-state index is 0.0112. The molecule has 0 spiro atoms. The molecule has 2 aromatic rings. The van der Waals surface area contributed by atoms with Crippen molar-refractivity contribution in [3.05, 3.63) is 71.8 Å². The maximum absolute atomic E-state index is 13.4. The summed E-state index contributed by atoms with van der Waals surface area (Å²) in [5.74, 6) is -0.153. The van der Waals surface area contributed by atoms with Gasteiger partial charge in [-0.25, -0.2) is 0 Å². The molecule has 1 aliphatic heterocycles. The fourth-order valence-electron chi connectivity index (χ4n) is 4.23. The Kier molecular flexibility index (Phi) is 8.64. The van der Waals surface area contributed by atoms with E-state index in [0.29, 0.717) is 38.0 Å². The lowest BCUT2D eigenvalue weighted by Crippen LogP contribution is -2.60. The smallest absolute Gasteiger partial charge is 0.254 e. The molecule has 3 rings (SSSR count). The van der Waals surface area contributed by atoms with E-state index in [9.17, 15) is 14.4 Å². The summed E-state index contributed by atoms with van der Waals surface area (Å²) < 4.78 is 0. The lowest BCUT2D eigenvalue weighted by atomic mass is 9.96. The van der Waals surface area contributed by atoms with Crippen molar-refractivity contribution in [2.24, 2.45) is 5.92 Å². The molecule has 33 heavy (non-hydrogen) atoms. The summed E-state index contributed by atoms with van der Waals surface area (Å²) in [6, 6.07) is 18.5. The minimum Gasteiger partial charge on any atom is -0.344 e. The van der Waals surface area contributed by atoms with Crippen LogP contribution in [-0.2, 0) is 16.0 Å². The molecular formula is C27H35N3O3. The van der Waals surface area contributed by atoms with Gasteiger partial charge in [0, 0.05) is 37.7 Å². The zero-order chi connectivity index (χ0) is 23.8. The van der Waals surface area contributed by atoms with Crippen molar-refractivity contribution in [1.82, 2.24) is 15.1 Å². The van der Waals surface area contributed by atoms with Gasteiger partial charge in [-0.15, -0.1) is 0 Å². The third-order valence-corrected chi connectivity index (χ3v) is 6.50. The lowest BCUT2D eigenvalue weighted by molar-refractivity contribution is -0.140. The molecule has 3 amide bonds. The number of rotatable bonds is 8. The molecule has 3 unspecified atom stereocenters. The van der Waals surface area contributed by atoms with E-state index >= 15 is 0 Å². The van der Waals surface area contributed by atoms with Gasteiger partial charge in [-0.1, -0.05) is 68.8 Å². The summed E-state index contributed by atoms with van der Waals surface area (Å²) in [4.78, 5) is 42.6. The Balaban J connectivity index is 1.60. The number of nitrogens with zero attached hydrogens (tertiary/aromatic N) is 2. The van der Waals surface area contributed by atoms with Gasteiger partial charge in [-0.05, 0) is 37.0 Å². The number of benzene rings is 2. The topological polar surface area (TPSA) is 69.7 Å². The largest absolute Gasteiger partial charge is 0.344 e. The van der Waals surface area contributed by atoms with Crippen LogP contribution in [0.3, 0.4) is 0 Å². The summed E-state index contributed by atoms with van der Waals surface area (Å²) in [6.07, 6.45) is 1.78. The quantitative estimate of drug-likeness (QED) is 0.670. The van der Waals surface area contributed by atoms with Crippen LogP contribution < -0.4 is 5.32 Å². The highest BCUT2D eigenvalue weighted by atomic mass is 16.2. The van der Waals surface area contributed by atoms with Gasteiger partial charge >= 0.3 is 0 Å². The summed E-state index contributed by atoms with van der Waals surface area (Å²) in [5, 5.41) is 3.00. The molecule has 6 nitrogen and oxygen atoms in total. The summed E-state index contributed by atoms with van der Waals surface area (Å²) in [6.45, 7) is 7.41. The van der Waals surface area contributed by atoms with E-state index in [1.165, 1.54) is 0 Å². The normalized spacial score (nSPS) is 17.8. The Morgan fingerprint density at radius 3 is 2.24 bits per heavy atom. The zero-order valence-electron chi connectivity index (χ0n) is 19.9. The van der Waals surface area contributed by atoms with Crippen molar-refractivity contribution < 1.29 is 14.4 Å². The van der Waals surface area contributed by atoms with E-state index in [-0.39, 0.29) is 29.7 Å². The molecule has 1 saturated heterocycles. The number of hydrogen-bond donors (Lipinski definition) is 1. The van der Waals surface area contributed by atoms with Gasteiger partial charge in [0.25, 0.3) is 5.91 Å². The number of aryl methyl sites for hydroxylation is 1. The van der Waals surface area contributed by atoms with Crippen LogP contribution in [0.1, 0.15) is 49.5 Å². The van der Waals surface area contributed by atoms with Crippen LogP contribution in [-0.4, -0.2) is 59.2 Å². The molecule has 1 aliphatic rings. The highest BCUT2D eigenvalue weighted by molar-refractivity contribution is 5.94. The number of piperazine rings is 1.